The first-order valence-corrected chi connectivity index (χ1v) is 6.57. The fourth-order valence-electron chi connectivity index (χ4n) is 1.63. The molecule has 2 aromatic rings. The van der Waals surface area contributed by atoms with E-state index in [1.54, 1.807) is 6.07 Å². The fraction of sp³-hybridized carbons (Fsp3) is 0.133. The maximum Gasteiger partial charge on any atom is 0.342 e. The van der Waals surface area contributed by atoms with Crippen LogP contribution in [0, 0.1) is 6.92 Å². The molecule has 0 heterocycles. The third-order valence-corrected chi connectivity index (χ3v) is 3.56. The van der Waals surface area contributed by atoms with Crippen LogP contribution >= 0.6 is 15.9 Å². The van der Waals surface area contributed by atoms with Crippen LogP contribution in [0.15, 0.2) is 46.9 Å². The predicted octanol–water partition coefficient (Wildman–Crippen LogP) is 3.82. The van der Waals surface area contributed by atoms with E-state index in [-0.39, 0.29) is 17.9 Å². The molecule has 0 aromatic heterocycles. The number of aromatic hydroxyl groups is 1. The number of ether oxygens (including phenoxy) is 1. The summed E-state index contributed by atoms with van der Waals surface area (Å²) in [6, 6.07) is 12.5. The van der Waals surface area contributed by atoms with Crippen molar-refractivity contribution in [3.05, 3.63) is 63.6 Å². The molecule has 98 valence electrons. The van der Waals surface area contributed by atoms with Crippen LogP contribution in [-0.2, 0) is 11.3 Å². The van der Waals surface area contributed by atoms with Gasteiger partial charge in [0.2, 0.25) is 0 Å². The summed E-state index contributed by atoms with van der Waals surface area (Å²) in [6.45, 7) is 2.02. The summed E-state index contributed by atoms with van der Waals surface area (Å²) in [5, 5.41) is 9.76. The first kappa shape index (κ1) is 13.6. The van der Waals surface area contributed by atoms with Gasteiger partial charge in [-0.15, -0.1) is 0 Å². The van der Waals surface area contributed by atoms with Crippen LogP contribution in [0.5, 0.6) is 5.75 Å². The van der Waals surface area contributed by atoms with Gasteiger partial charge in [-0.1, -0.05) is 46.3 Å². The molecule has 2 rings (SSSR count). The summed E-state index contributed by atoms with van der Waals surface area (Å²) in [5.41, 5.74) is 1.92. The molecule has 0 bridgehead atoms. The Hall–Kier alpha value is -1.81. The van der Waals surface area contributed by atoms with Gasteiger partial charge in [0, 0.05) is 4.47 Å². The van der Waals surface area contributed by atoms with Gasteiger partial charge in [0.15, 0.2) is 0 Å². The number of esters is 1. The van der Waals surface area contributed by atoms with Crippen molar-refractivity contribution in [3.8, 4) is 5.75 Å². The molecule has 0 aliphatic carbocycles. The lowest BCUT2D eigenvalue weighted by Gasteiger charge is -2.08. The topological polar surface area (TPSA) is 46.5 Å². The average molecular weight is 321 g/mol. The first-order valence-electron chi connectivity index (χ1n) is 5.78. The van der Waals surface area contributed by atoms with E-state index in [0.29, 0.717) is 0 Å². The molecule has 0 fully saturated rings. The van der Waals surface area contributed by atoms with Crippen molar-refractivity contribution in [1.82, 2.24) is 0 Å². The number of benzene rings is 2. The second-order valence-corrected chi connectivity index (χ2v) is 5.03. The number of aryl methyl sites for hydroxylation is 1. The lowest BCUT2D eigenvalue weighted by atomic mass is 10.1. The molecule has 1 N–H and O–H groups in total. The highest BCUT2D eigenvalue weighted by molar-refractivity contribution is 9.10. The molecule has 0 aliphatic rings. The second-order valence-electron chi connectivity index (χ2n) is 4.18. The Bertz CT molecular complexity index is 594. The second kappa shape index (κ2) is 5.89. The van der Waals surface area contributed by atoms with Gasteiger partial charge in [-0.25, -0.2) is 4.79 Å². The summed E-state index contributed by atoms with van der Waals surface area (Å²) >= 11 is 3.33. The number of phenols is 1. The van der Waals surface area contributed by atoms with E-state index >= 15 is 0 Å². The lowest BCUT2D eigenvalue weighted by molar-refractivity contribution is 0.0469. The van der Waals surface area contributed by atoms with Gasteiger partial charge < -0.3 is 9.84 Å². The molecule has 2 aromatic carbocycles. The summed E-state index contributed by atoms with van der Waals surface area (Å²) in [4.78, 5) is 11.9. The third-order valence-electron chi connectivity index (χ3n) is 2.71. The number of carbonyl (C=O) groups is 1. The zero-order valence-corrected chi connectivity index (χ0v) is 12.0. The van der Waals surface area contributed by atoms with E-state index in [4.69, 9.17) is 4.74 Å². The van der Waals surface area contributed by atoms with Crippen molar-refractivity contribution in [3.63, 3.8) is 0 Å². The van der Waals surface area contributed by atoms with Gasteiger partial charge in [0.25, 0.3) is 0 Å². The maximum absolute atomic E-state index is 11.9. The minimum Gasteiger partial charge on any atom is -0.507 e. The minimum atomic E-state index is -0.540. The molecule has 19 heavy (non-hydrogen) atoms. The largest absolute Gasteiger partial charge is 0.507 e. The number of hydrogen-bond acceptors (Lipinski definition) is 3. The molecule has 0 unspecified atom stereocenters. The summed E-state index contributed by atoms with van der Waals surface area (Å²) in [5.74, 6) is -0.610. The quantitative estimate of drug-likeness (QED) is 0.874. The SMILES string of the molecule is Cc1cc(O)c(C(=O)OCc2ccccc2)cc1Br. The van der Waals surface area contributed by atoms with Crippen molar-refractivity contribution < 1.29 is 14.6 Å². The Morgan fingerprint density at radius 2 is 1.95 bits per heavy atom. The van der Waals surface area contributed by atoms with Gasteiger partial charge in [0.05, 0.1) is 0 Å². The van der Waals surface area contributed by atoms with Crippen molar-refractivity contribution in [2.75, 3.05) is 0 Å². The van der Waals surface area contributed by atoms with Crippen LogP contribution in [0.2, 0.25) is 0 Å². The molecule has 0 radical (unpaired) electrons. The highest BCUT2D eigenvalue weighted by Gasteiger charge is 2.14. The van der Waals surface area contributed by atoms with Crippen molar-refractivity contribution >= 4 is 21.9 Å². The first-order chi connectivity index (χ1) is 9.08. The number of halogens is 1. The van der Waals surface area contributed by atoms with E-state index in [9.17, 15) is 9.90 Å². The van der Waals surface area contributed by atoms with Crippen molar-refractivity contribution in [2.45, 2.75) is 13.5 Å². The van der Waals surface area contributed by atoms with Gasteiger partial charge in [-0.3, -0.25) is 0 Å². The van der Waals surface area contributed by atoms with Gasteiger partial charge in [-0.05, 0) is 30.2 Å². The molecule has 0 spiro atoms. The number of carbonyl (C=O) groups excluding carboxylic acids is 1. The molecule has 3 nitrogen and oxygen atoms in total. The van der Waals surface area contributed by atoms with E-state index < -0.39 is 5.97 Å². The van der Waals surface area contributed by atoms with Gasteiger partial charge in [-0.2, -0.15) is 0 Å². The van der Waals surface area contributed by atoms with Crippen LogP contribution < -0.4 is 0 Å². The zero-order chi connectivity index (χ0) is 13.8. The molecule has 0 atom stereocenters. The zero-order valence-electron chi connectivity index (χ0n) is 10.4. The maximum atomic E-state index is 11.9. The van der Waals surface area contributed by atoms with Crippen LogP contribution in [0.4, 0.5) is 0 Å². The molecule has 0 saturated heterocycles. The third kappa shape index (κ3) is 3.35. The standard InChI is InChI=1S/C15H13BrO3/c1-10-7-14(17)12(8-13(10)16)15(18)19-9-11-5-3-2-4-6-11/h2-8,17H,9H2,1H3. The van der Waals surface area contributed by atoms with Gasteiger partial charge in [0.1, 0.15) is 17.9 Å². The Balaban J connectivity index is 2.10. The van der Waals surface area contributed by atoms with Crippen LogP contribution in [0.3, 0.4) is 0 Å². The van der Waals surface area contributed by atoms with Gasteiger partial charge >= 0.3 is 5.97 Å². The van der Waals surface area contributed by atoms with E-state index in [2.05, 4.69) is 15.9 Å². The number of phenolic OH excluding ortho intramolecular Hbond substituents is 1. The molecule has 0 saturated carbocycles. The smallest absolute Gasteiger partial charge is 0.342 e. The fourth-order valence-corrected chi connectivity index (χ4v) is 1.97. The lowest BCUT2D eigenvalue weighted by Crippen LogP contribution is -2.06. The predicted molar refractivity (Wildman–Crippen MR) is 76.1 cm³/mol. The van der Waals surface area contributed by atoms with Crippen LogP contribution in [0.1, 0.15) is 21.5 Å². The van der Waals surface area contributed by atoms with Crippen molar-refractivity contribution in [2.24, 2.45) is 0 Å². The summed E-state index contributed by atoms with van der Waals surface area (Å²) in [6.07, 6.45) is 0. The Morgan fingerprint density at radius 1 is 1.26 bits per heavy atom. The highest BCUT2D eigenvalue weighted by Crippen LogP contribution is 2.26. The normalized spacial score (nSPS) is 10.2. The number of hydrogen-bond donors (Lipinski definition) is 1. The summed E-state index contributed by atoms with van der Waals surface area (Å²) in [7, 11) is 0. The van der Waals surface area contributed by atoms with Crippen molar-refractivity contribution in [1.29, 1.82) is 0 Å². The van der Waals surface area contributed by atoms with E-state index in [1.165, 1.54) is 6.07 Å². The monoisotopic (exact) mass is 320 g/mol. The Labute approximate surface area is 120 Å². The Morgan fingerprint density at radius 3 is 2.63 bits per heavy atom. The van der Waals surface area contributed by atoms with Crippen LogP contribution in [-0.4, -0.2) is 11.1 Å². The molecule has 4 heteroatoms. The summed E-state index contributed by atoms with van der Waals surface area (Å²) < 4.78 is 5.93. The Kier molecular flexibility index (Phi) is 4.22. The highest BCUT2D eigenvalue weighted by atomic mass is 79.9. The minimum absolute atomic E-state index is 0.0706. The molecular weight excluding hydrogens is 308 g/mol. The van der Waals surface area contributed by atoms with Crippen LogP contribution in [0.25, 0.3) is 0 Å². The van der Waals surface area contributed by atoms with E-state index in [1.807, 2.05) is 37.3 Å². The molecule has 0 aliphatic heterocycles. The number of rotatable bonds is 3. The molecular formula is C15H13BrO3. The molecule has 0 amide bonds. The van der Waals surface area contributed by atoms with E-state index in [0.717, 1.165) is 15.6 Å². The average Bonchev–Trinajstić information content (AvgIpc) is 2.41.